The van der Waals surface area contributed by atoms with E-state index in [-0.39, 0.29) is 17.8 Å². The zero-order valence-corrected chi connectivity index (χ0v) is 10.6. The molecule has 2 heterocycles. The Morgan fingerprint density at radius 1 is 1.21 bits per heavy atom. The van der Waals surface area contributed by atoms with Crippen molar-refractivity contribution in [2.75, 3.05) is 13.2 Å². The van der Waals surface area contributed by atoms with E-state index in [1.165, 1.54) is 6.92 Å². The lowest BCUT2D eigenvalue weighted by Gasteiger charge is -2.15. The smallest absolute Gasteiger partial charge is 0.184 e. The topological polar surface area (TPSA) is 57.1 Å². The summed E-state index contributed by atoms with van der Waals surface area (Å²) in [6.45, 7) is 2.23. The summed E-state index contributed by atoms with van der Waals surface area (Å²) in [6, 6.07) is 9.72. The Hall–Kier alpha value is -1.72. The summed E-state index contributed by atoms with van der Waals surface area (Å²) in [5, 5.41) is 3.83. The van der Waals surface area contributed by atoms with Gasteiger partial charge in [0.15, 0.2) is 18.2 Å². The summed E-state index contributed by atoms with van der Waals surface area (Å²) in [6.07, 6.45) is -0.642. The lowest BCUT2D eigenvalue weighted by molar-refractivity contribution is -0.139. The largest absolute Gasteiger partial charge is 0.389 e. The van der Waals surface area contributed by atoms with Crippen LogP contribution in [0.4, 0.5) is 0 Å². The number of benzene rings is 1. The predicted molar refractivity (Wildman–Crippen MR) is 67.6 cm³/mol. The Labute approximate surface area is 111 Å². The van der Waals surface area contributed by atoms with Crippen molar-refractivity contribution in [3.8, 4) is 0 Å². The second kappa shape index (κ2) is 5.11. The molecule has 19 heavy (non-hydrogen) atoms. The second-order valence-corrected chi connectivity index (χ2v) is 4.69. The van der Waals surface area contributed by atoms with E-state index in [0.29, 0.717) is 18.9 Å². The van der Waals surface area contributed by atoms with Crippen LogP contribution in [0.5, 0.6) is 0 Å². The third-order valence-electron chi connectivity index (χ3n) is 3.36. The van der Waals surface area contributed by atoms with Crippen molar-refractivity contribution < 1.29 is 19.1 Å². The van der Waals surface area contributed by atoms with Crippen LogP contribution >= 0.6 is 0 Å². The molecule has 0 bridgehead atoms. The SMILES string of the molecule is CC(=O)C1=NO[C@H]2CO[C@H](c3ccccc3)OC[C@@H]12. The van der Waals surface area contributed by atoms with Gasteiger partial charge in [-0.15, -0.1) is 0 Å². The van der Waals surface area contributed by atoms with Crippen LogP contribution in [0.15, 0.2) is 35.5 Å². The van der Waals surface area contributed by atoms with Crippen LogP contribution in [0.25, 0.3) is 0 Å². The average molecular weight is 261 g/mol. The highest BCUT2D eigenvalue weighted by molar-refractivity contribution is 6.40. The predicted octanol–water partition coefficient (Wildman–Crippen LogP) is 1.69. The maximum atomic E-state index is 11.5. The number of oxime groups is 1. The molecule has 0 radical (unpaired) electrons. The number of hydrogen-bond acceptors (Lipinski definition) is 5. The molecule has 0 unspecified atom stereocenters. The van der Waals surface area contributed by atoms with Crippen molar-refractivity contribution in [3.63, 3.8) is 0 Å². The zero-order valence-electron chi connectivity index (χ0n) is 10.6. The molecule has 2 aliphatic heterocycles. The Morgan fingerprint density at radius 3 is 2.68 bits per heavy atom. The summed E-state index contributed by atoms with van der Waals surface area (Å²) < 4.78 is 11.4. The monoisotopic (exact) mass is 261 g/mol. The van der Waals surface area contributed by atoms with Crippen molar-refractivity contribution in [1.82, 2.24) is 0 Å². The minimum atomic E-state index is -0.413. The minimum absolute atomic E-state index is 0.0748. The van der Waals surface area contributed by atoms with Crippen LogP contribution in [0.2, 0.25) is 0 Å². The normalized spacial score (nSPS) is 29.9. The van der Waals surface area contributed by atoms with Gasteiger partial charge in [0, 0.05) is 12.5 Å². The van der Waals surface area contributed by atoms with E-state index in [1.54, 1.807) is 0 Å². The van der Waals surface area contributed by atoms with Gasteiger partial charge in [0.2, 0.25) is 0 Å². The molecule has 0 aliphatic carbocycles. The van der Waals surface area contributed by atoms with E-state index in [2.05, 4.69) is 5.16 Å². The van der Waals surface area contributed by atoms with Gasteiger partial charge < -0.3 is 14.3 Å². The number of nitrogens with zero attached hydrogens (tertiary/aromatic N) is 1. The number of hydrogen-bond donors (Lipinski definition) is 0. The molecule has 5 heteroatoms. The summed E-state index contributed by atoms with van der Waals surface area (Å²) in [5.74, 6) is -0.208. The molecule has 1 fully saturated rings. The number of rotatable bonds is 2. The van der Waals surface area contributed by atoms with Gasteiger partial charge in [0.05, 0.1) is 19.1 Å². The molecule has 1 saturated heterocycles. The second-order valence-electron chi connectivity index (χ2n) is 4.69. The molecule has 1 aromatic rings. The van der Waals surface area contributed by atoms with Crippen LogP contribution in [-0.2, 0) is 19.1 Å². The van der Waals surface area contributed by atoms with Gasteiger partial charge in [-0.3, -0.25) is 4.79 Å². The van der Waals surface area contributed by atoms with E-state index < -0.39 is 6.29 Å². The van der Waals surface area contributed by atoms with Gasteiger partial charge >= 0.3 is 0 Å². The number of fused-ring (bicyclic) bond motifs is 1. The van der Waals surface area contributed by atoms with Gasteiger partial charge in [-0.25, -0.2) is 0 Å². The fraction of sp³-hybridized carbons (Fsp3) is 0.429. The lowest BCUT2D eigenvalue weighted by Crippen LogP contribution is -2.31. The fourth-order valence-electron chi connectivity index (χ4n) is 2.32. The first-order valence-corrected chi connectivity index (χ1v) is 6.28. The highest BCUT2D eigenvalue weighted by Crippen LogP contribution is 2.29. The molecule has 0 N–H and O–H groups in total. The van der Waals surface area contributed by atoms with Crippen LogP contribution in [0, 0.1) is 5.92 Å². The van der Waals surface area contributed by atoms with Gasteiger partial charge in [-0.05, 0) is 0 Å². The third kappa shape index (κ3) is 2.39. The van der Waals surface area contributed by atoms with Gasteiger partial charge in [-0.1, -0.05) is 35.5 Å². The standard InChI is InChI=1S/C14H15NO4/c1-9(16)13-11-7-17-14(10-5-3-2-4-6-10)18-8-12(11)19-15-13/h2-6,11-12,14H,7-8H2,1H3/t11-,12+,14-/m1/s1. The maximum Gasteiger partial charge on any atom is 0.184 e. The van der Waals surface area contributed by atoms with Crippen LogP contribution in [0.1, 0.15) is 18.8 Å². The molecule has 1 aromatic carbocycles. The first-order valence-electron chi connectivity index (χ1n) is 6.28. The Balaban J connectivity index is 1.74. The van der Waals surface area contributed by atoms with Crippen molar-refractivity contribution >= 4 is 11.5 Å². The molecular formula is C14H15NO4. The fourth-order valence-corrected chi connectivity index (χ4v) is 2.32. The molecule has 0 aromatic heterocycles. The number of carbonyl (C=O) groups excluding carboxylic acids is 1. The van der Waals surface area contributed by atoms with E-state index in [9.17, 15) is 4.79 Å². The number of Topliss-reactive ketones (excluding diaryl/α,β-unsaturated/α-hetero) is 1. The lowest BCUT2D eigenvalue weighted by atomic mass is 9.96. The molecule has 3 atom stereocenters. The summed E-state index contributed by atoms with van der Waals surface area (Å²) in [4.78, 5) is 16.7. The molecule has 0 amide bonds. The molecule has 5 nitrogen and oxygen atoms in total. The minimum Gasteiger partial charge on any atom is -0.389 e. The van der Waals surface area contributed by atoms with E-state index in [0.717, 1.165) is 5.56 Å². The van der Waals surface area contributed by atoms with E-state index >= 15 is 0 Å². The average Bonchev–Trinajstić information content (AvgIpc) is 2.72. The van der Waals surface area contributed by atoms with Gasteiger partial charge in [-0.2, -0.15) is 0 Å². The van der Waals surface area contributed by atoms with Crippen LogP contribution < -0.4 is 0 Å². The molecular weight excluding hydrogens is 246 g/mol. The van der Waals surface area contributed by atoms with Crippen LogP contribution in [-0.4, -0.2) is 30.8 Å². The zero-order chi connectivity index (χ0) is 13.2. The Bertz CT molecular complexity index is 499. The molecule has 0 spiro atoms. The Kier molecular flexibility index (Phi) is 3.31. The summed E-state index contributed by atoms with van der Waals surface area (Å²) in [7, 11) is 0. The number of carbonyl (C=O) groups is 1. The van der Waals surface area contributed by atoms with Crippen molar-refractivity contribution in [3.05, 3.63) is 35.9 Å². The molecule has 3 rings (SSSR count). The van der Waals surface area contributed by atoms with Gasteiger partial charge in [0.1, 0.15) is 5.71 Å². The quantitative estimate of drug-likeness (QED) is 0.813. The van der Waals surface area contributed by atoms with Crippen LogP contribution in [0.3, 0.4) is 0 Å². The highest BCUT2D eigenvalue weighted by Gasteiger charge is 2.40. The maximum absolute atomic E-state index is 11.5. The Morgan fingerprint density at radius 2 is 1.95 bits per heavy atom. The molecule has 2 aliphatic rings. The van der Waals surface area contributed by atoms with E-state index in [4.69, 9.17) is 14.3 Å². The number of ether oxygens (including phenoxy) is 2. The first kappa shape index (κ1) is 12.3. The van der Waals surface area contributed by atoms with Gasteiger partial charge in [0.25, 0.3) is 0 Å². The first-order chi connectivity index (χ1) is 9.25. The molecule has 0 saturated carbocycles. The summed E-state index contributed by atoms with van der Waals surface area (Å²) in [5.41, 5.74) is 1.41. The summed E-state index contributed by atoms with van der Waals surface area (Å²) >= 11 is 0. The van der Waals surface area contributed by atoms with Crippen molar-refractivity contribution in [1.29, 1.82) is 0 Å². The third-order valence-corrected chi connectivity index (χ3v) is 3.36. The van der Waals surface area contributed by atoms with Crippen molar-refractivity contribution in [2.45, 2.75) is 19.3 Å². The number of ketones is 1. The highest BCUT2D eigenvalue weighted by atomic mass is 16.7. The van der Waals surface area contributed by atoms with Crippen molar-refractivity contribution in [2.24, 2.45) is 11.1 Å². The van der Waals surface area contributed by atoms with E-state index in [1.807, 2.05) is 30.3 Å². The molecule has 100 valence electrons.